The molecule has 0 aliphatic carbocycles. The fourth-order valence-electron chi connectivity index (χ4n) is 1.44. The minimum absolute atomic E-state index is 0.128. The Labute approximate surface area is 117 Å². The van der Waals surface area contributed by atoms with Crippen LogP contribution in [0.25, 0.3) is 0 Å². The van der Waals surface area contributed by atoms with Crippen molar-refractivity contribution in [2.24, 2.45) is 5.41 Å². The van der Waals surface area contributed by atoms with Gasteiger partial charge in [-0.15, -0.1) is 0 Å². The van der Waals surface area contributed by atoms with Gasteiger partial charge in [-0.05, 0) is 6.07 Å². The number of methoxy groups -OCH3 is 1. The molecule has 1 aromatic heterocycles. The lowest BCUT2D eigenvalue weighted by molar-refractivity contribution is -0.128. The Morgan fingerprint density at radius 2 is 2.05 bits per heavy atom. The van der Waals surface area contributed by atoms with Gasteiger partial charge in [-0.1, -0.05) is 20.8 Å². The van der Waals surface area contributed by atoms with E-state index in [-0.39, 0.29) is 18.0 Å². The molecule has 0 aliphatic heterocycles. The predicted molar refractivity (Wildman–Crippen MR) is 71.3 cm³/mol. The summed E-state index contributed by atoms with van der Waals surface area (Å²) in [5, 5.41) is 11.3. The zero-order valence-electron chi connectivity index (χ0n) is 12.0. The second-order valence-corrected chi connectivity index (χ2v) is 5.27. The summed E-state index contributed by atoms with van der Waals surface area (Å²) in [6, 6.07) is 1.50. The molecule has 1 aromatic rings. The number of hydroxylamine groups is 1. The van der Waals surface area contributed by atoms with Gasteiger partial charge in [0.2, 0.25) is 11.8 Å². The molecule has 0 spiro atoms. The lowest BCUT2D eigenvalue weighted by Crippen LogP contribution is -2.34. The first kappa shape index (κ1) is 15.9. The van der Waals surface area contributed by atoms with E-state index in [0.29, 0.717) is 11.4 Å². The highest BCUT2D eigenvalue weighted by Crippen LogP contribution is 2.18. The lowest BCUT2D eigenvalue weighted by Gasteiger charge is -2.18. The van der Waals surface area contributed by atoms with Gasteiger partial charge in [-0.25, -0.2) is 10.5 Å². The van der Waals surface area contributed by atoms with Crippen LogP contribution in [0.4, 0.5) is 0 Å². The number of aromatic nitrogens is 1. The van der Waals surface area contributed by atoms with E-state index in [1.165, 1.54) is 24.9 Å². The van der Waals surface area contributed by atoms with E-state index in [4.69, 9.17) is 9.94 Å². The number of carbonyl (C=O) groups excluding carboxylic acids is 2. The maximum atomic E-state index is 11.8. The van der Waals surface area contributed by atoms with Crippen molar-refractivity contribution in [3.63, 3.8) is 0 Å². The van der Waals surface area contributed by atoms with E-state index in [1.807, 2.05) is 0 Å². The topological polar surface area (TPSA) is 101 Å². The quantitative estimate of drug-likeness (QED) is 0.561. The zero-order valence-corrected chi connectivity index (χ0v) is 12.0. The minimum atomic E-state index is -0.677. The van der Waals surface area contributed by atoms with Gasteiger partial charge in [-0.3, -0.25) is 14.8 Å². The molecular weight excluding hydrogens is 262 g/mol. The minimum Gasteiger partial charge on any atom is -0.481 e. The number of nitrogens with one attached hydrogen (secondary N) is 2. The molecule has 110 valence electrons. The third-order valence-corrected chi connectivity index (χ3v) is 2.60. The van der Waals surface area contributed by atoms with E-state index in [2.05, 4.69) is 10.3 Å². The van der Waals surface area contributed by atoms with Crippen LogP contribution in [0.15, 0.2) is 12.3 Å². The molecule has 0 aliphatic rings. The van der Waals surface area contributed by atoms with Gasteiger partial charge in [0, 0.05) is 23.7 Å². The highest BCUT2D eigenvalue weighted by molar-refractivity contribution is 5.93. The van der Waals surface area contributed by atoms with Crippen LogP contribution in [-0.4, -0.2) is 29.1 Å². The number of nitrogens with zero attached hydrogens (tertiary/aromatic N) is 1. The van der Waals surface area contributed by atoms with Gasteiger partial charge in [-0.2, -0.15) is 0 Å². The van der Waals surface area contributed by atoms with E-state index in [0.717, 1.165) is 0 Å². The van der Waals surface area contributed by atoms with Crippen molar-refractivity contribution in [3.8, 4) is 5.88 Å². The maximum Gasteiger partial charge on any atom is 0.276 e. The molecule has 0 aromatic carbocycles. The van der Waals surface area contributed by atoms with Crippen LogP contribution >= 0.6 is 0 Å². The third kappa shape index (κ3) is 3.92. The molecule has 20 heavy (non-hydrogen) atoms. The van der Waals surface area contributed by atoms with Crippen LogP contribution in [0.1, 0.15) is 36.7 Å². The third-order valence-electron chi connectivity index (χ3n) is 2.60. The molecule has 0 unspecified atom stereocenters. The lowest BCUT2D eigenvalue weighted by atomic mass is 9.95. The van der Waals surface area contributed by atoms with E-state index in [9.17, 15) is 9.59 Å². The van der Waals surface area contributed by atoms with Crippen LogP contribution in [0.5, 0.6) is 5.88 Å². The Hall–Kier alpha value is -2.15. The molecule has 0 radical (unpaired) electrons. The number of ether oxygens (including phenoxy) is 1. The van der Waals surface area contributed by atoms with Gasteiger partial charge in [0.25, 0.3) is 5.91 Å². The first-order chi connectivity index (χ1) is 9.29. The van der Waals surface area contributed by atoms with Gasteiger partial charge >= 0.3 is 0 Å². The van der Waals surface area contributed by atoms with Gasteiger partial charge in [0.15, 0.2) is 0 Å². The van der Waals surface area contributed by atoms with Crippen LogP contribution in [-0.2, 0) is 11.3 Å². The normalized spacial score (nSPS) is 10.8. The molecule has 0 atom stereocenters. The van der Waals surface area contributed by atoms with Gasteiger partial charge < -0.3 is 10.1 Å². The van der Waals surface area contributed by atoms with Crippen molar-refractivity contribution in [2.45, 2.75) is 27.3 Å². The van der Waals surface area contributed by atoms with Crippen molar-refractivity contribution in [1.82, 2.24) is 15.8 Å². The van der Waals surface area contributed by atoms with E-state index < -0.39 is 11.3 Å². The summed E-state index contributed by atoms with van der Waals surface area (Å²) in [7, 11) is 1.45. The molecule has 3 N–H and O–H groups in total. The SMILES string of the molecule is COc1ncc(C(=O)NO)cc1CNC(=O)C(C)(C)C. The molecule has 7 heteroatoms. The second kappa shape index (κ2) is 6.33. The Bertz CT molecular complexity index is 509. The van der Waals surface area contributed by atoms with Gasteiger partial charge in [0.1, 0.15) is 0 Å². The highest BCUT2D eigenvalue weighted by atomic mass is 16.5. The van der Waals surface area contributed by atoms with Crippen LogP contribution < -0.4 is 15.5 Å². The molecule has 7 nitrogen and oxygen atoms in total. The summed E-state index contributed by atoms with van der Waals surface area (Å²) in [4.78, 5) is 27.1. The molecular formula is C13H19N3O4. The number of hydrogen-bond donors (Lipinski definition) is 3. The fraction of sp³-hybridized carbons (Fsp3) is 0.462. The van der Waals surface area contributed by atoms with E-state index >= 15 is 0 Å². The van der Waals surface area contributed by atoms with Crippen molar-refractivity contribution in [1.29, 1.82) is 0 Å². The second-order valence-electron chi connectivity index (χ2n) is 5.27. The number of rotatable bonds is 4. The molecule has 1 heterocycles. The predicted octanol–water partition coefficient (Wildman–Crippen LogP) is 0.871. The molecule has 0 bridgehead atoms. The summed E-state index contributed by atoms with van der Waals surface area (Å²) in [5.41, 5.74) is 1.74. The average molecular weight is 281 g/mol. The Morgan fingerprint density at radius 3 is 2.55 bits per heavy atom. The molecule has 0 saturated heterocycles. The van der Waals surface area contributed by atoms with Crippen LogP contribution in [0.3, 0.4) is 0 Å². The van der Waals surface area contributed by atoms with Crippen LogP contribution in [0.2, 0.25) is 0 Å². The van der Waals surface area contributed by atoms with Crippen molar-refractivity contribution in [3.05, 3.63) is 23.4 Å². The number of hydrogen-bond acceptors (Lipinski definition) is 5. The standard InChI is InChI=1S/C13H19N3O4/c1-13(2,3)12(18)15-7-9-5-8(10(17)16-19)6-14-11(9)20-4/h5-6,19H,7H2,1-4H3,(H,15,18)(H,16,17). The molecule has 0 fully saturated rings. The summed E-state index contributed by atoms with van der Waals surface area (Å²) < 4.78 is 5.07. The number of carbonyl (C=O) groups is 2. The highest BCUT2D eigenvalue weighted by Gasteiger charge is 2.21. The Kier molecular flexibility index (Phi) is 5.04. The molecule has 2 amide bonds. The van der Waals surface area contributed by atoms with Gasteiger partial charge in [0.05, 0.1) is 12.7 Å². The number of amides is 2. The largest absolute Gasteiger partial charge is 0.481 e. The smallest absolute Gasteiger partial charge is 0.276 e. The van der Waals surface area contributed by atoms with Crippen LogP contribution in [0, 0.1) is 5.41 Å². The summed E-state index contributed by atoms with van der Waals surface area (Å²) >= 11 is 0. The summed E-state index contributed by atoms with van der Waals surface area (Å²) in [6.45, 7) is 5.58. The first-order valence-electron chi connectivity index (χ1n) is 6.05. The fourth-order valence-corrected chi connectivity index (χ4v) is 1.44. The summed E-state index contributed by atoms with van der Waals surface area (Å²) in [6.07, 6.45) is 1.28. The zero-order chi connectivity index (χ0) is 15.3. The van der Waals surface area contributed by atoms with Crippen molar-refractivity contribution < 1.29 is 19.5 Å². The number of pyridine rings is 1. The monoisotopic (exact) mass is 281 g/mol. The first-order valence-corrected chi connectivity index (χ1v) is 6.05. The van der Waals surface area contributed by atoms with E-state index in [1.54, 1.807) is 20.8 Å². The maximum absolute atomic E-state index is 11.8. The Morgan fingerprint density at radius 1 is 1.40 bits per heavy atom. The van der Waals surface area contributed by atoms with Crippen molar-refractivity contribution >= 4 is 11.8 Å². The summed E-state index contributed by atoms with van der Waals surface area (Å²) in [5.74, 6) is -0.492. The molecule has 0 saturated carbocycles. The Balaban J connectivity index is 2.92. The van der Waals surface area contributed by atoms with Crippen molar-refractivity contribution in [2.75, 3.05) is 7.11 Å². The molecule has 1 rings (SSSR count). The average Bonchev–Trinajstić information content (AvgIpc) is 2.42.